The van der Waals surface area contributed by atoms with E-state index in [0.29, 0.717) is 18.1 Å². The molecule has 0 aliphatic carbocycles. The first-order valence-corrected chi connectivity index (χ1v) is 5.42. The second-order valence-electron chi connectivity index (χ2n) is 3.56. The topological polar surface area (TPSA) is 15.3 Å². The third-order valence-electron chi connectivity index (χ3n) is 2.13. The summed E-state index contributed by atoms with van der Waals surface area (Å²) in [6, 6.07) is 7.36. The zero-order chi connectivity index (χ0) is 12.0. The molecule has 0 amide bonds. The molecule has 2 nitrogen and oxygen atoms in total. The van der Waals surface area contributed by atoms with E-state index in [4.69, 9.17) is 11.6 Å². The van der Waals surface area contributed by atoms with Crippen molar-refractivity contribution in [1.82, 2.24) is 4.90 Å². The number of likely N-dealkylation sites (N-methyl/N-ethyl adjacent to an activating group) is 1. The molecular weight excluding hydrogens is 234 g/mol. The van der Waals surface area contributed by atoms with Gasteiger partial charge in [-0.2, -0.15) is 0 Å². The van der Waals surface area contributed by atoms with E-state index in [1.54, 1.807) is 18.0 Å². The van der Waals surface area contributed by atoms with Gasteiger partial charge in [0.15, 0.2) is 0 Å². The molecule has 90 valence electrons. The highest BCUT2D eigenvalue weighted by Gasteiger charge is 2.06. The van der Waals surface area contributed by atoms with Crippen LogP contribution in [0.5, 0.6) is 0 Å². The Labute approximate surface area is 99.2 Å². The maximum atomic E-state index is 12.0. The molecule has 1 aromatic carbocycles. The fourth-order valence-corrected chi connectivity index (χ4v) is 1.52. The van der Waals surface area contributed by atoms with Crippen LogP contribution in [0.4, 0.5) is 14.5 Å². The number of hydrogen-bond acceptors (Lipinski definition) is 2. The average Bonchev–Trinajstić information content (AvgIpc) is 2.19. The molecule has 0 aromatic heterocycles. The molecule has 16 heavy (non-hydrogen) atoms. The molecule has 1 aromatic rings. The number of rotatable bonds is 6. The summed E-state index contributed by atoms with van der Waals surface area (Å²) in [4.78, 5) is 1.58. The van der Waals surface area contributed by atoms with Gasteiger partial charge in [0.2, 0.25) is 0 Å². The van der Waals surface area contributed by atoms with Crippen molar-refractivity contribution in [2.45, 2.75) is 6.43 Å². The Morgan fingerprint density at radius 1 is 1.38 bits per heavy atom. The van der Waals surface area contributed by atoms with Crippen molar-refractivity contribution in [3.8, 4) is 0 Å². The van der Waals surface area contributed by atoms with E-state index >= 15 is 0 Å². The lowest BCUT2D eigenvalue weighted by atomic mass is 10.3. The monoisotopic (exact) mass is 248 g/mol. The Kier molecular flexibility index (Phi) is 5.49. The Morgan fingerprint density at radius 2 is 2.06 bits per heavy atom. The maximum absolute atomic E-state index is 12.0. The number of benzene rings is 1. The number of nitrogens with zero attached hydrogens (tertiary/aromatic N) is 1. The van der Waals surface area contributed by atoms with Crippen molar-refractivity contribution in [1.29, 1.82) is 0 Å². The van der Waals surface area contributed by atoms with Crippen LogP contribution in [0.15, 0.2) is 24.3 Å². The van der Waals surface area contributed by atoms with Crippen LogP contribution < -0.4 is 5.32 Å². The predicted molar refractivity (Wildman–Crippen MR) is 63.4 cm³/mol. The van der Waals surface area contributed by atoms with E-state index in [1.807, 2.05) is 18.2 Å². The van der Waals surface area contributed by atoms with E-state index in [0.717, 1.165) is 5.69 Å². The standard InChI is InChI=1S/C11H15ClF2N2/c1-16(8-11(13)14)7-6-15-10-5-3-2-4-9(10)12/h2-5,11,15H,6-8H2,1H3. The summed E-state index contributed by atoms with van der Waals surface area (Å²) < 4.78 is 24.0. The third-order valence-corrected chi connectivity index (χ3v) is 2.46. The molecule has 0 aliphatic heterocycles. The van der Waals surface area contributed by atoms with Crippen LogP contribution in [0.3, 0.4) is 0 Å². The van der Waals surface area contributed by atoms with Gasteiger partial charge in [0.05, 0.1) is 17.3 Å². The quantitative estimate of drug-likeness (QED) is 0.833. The molecule has 0 radical (unpaired) electrons. The Morgan fingerprint density at radius 3 is 2.69 bits per heavy atom. The van der Waals surface area contributed by atoms with Gasteiger partial charge in [0, 0.05) is 13.1 Å². The van der Waals surface area contributed by atoms with E-state index < -0.39 is 6.43 Å². The van der Waals surface area contributed by atoms with Gasteiger partial charge in [-0.05, 0) is 19.2 Å². The summed E-state index contributed by atoms with van der Waals surface area (Å²) >= 11 is 5.93. The van der Waals surface area contributed by atoms with Crippen LogP contribution in [-0.4, -0.2) is 38.0 Å². The lowest BCUT2D eigenvalue weighted by Gasteiger charge is -2.16. The van der Waals surface area contributed by atoms with Crippen molar-refractivity contribution in [2.24, 2.45) is 0 Å². The lowest BCUT2D eigenvalue weighted by Crippen LogP contribution is -2.29. The molecule has 0 unspecified atom stereocenters. The minimum absolute atomic E-state index is 0.204. The smallest absolute Gasteiger partial charge is 0.251 e. The number of hydrogen-bond donors (Lipinski definition) is 1. The van der Waals surface area contributed by atoms with Gasteiger partial charge >= 0.3 is 0 Å². The summed E-state index contributed by atoms with van der Waals surface area (Å²) in [5, 5.41) is 3.74. The van der Waals surface area contributed by atoms with Crippen LogP contribution in [-0.2, 0) is 0 Å². The first kappa shape index (κ1) is 13.2. The van der Waals surface area contributed by atoms with Crippen molar-refractivity contribution in [3.63, 3.8) is 0 Å². The molecule has 1 N–H and O–H groups in total. The summed E-state index contributed by atoms with van der Waals surface area (Å²) in [6.45, 7) is 0.937. The predicted octanol–water partition coefficient (Wildman–Crippen LogP) is 2.95. The third kappa shape index (κ3) is 4.77. The van der Waals surface area contributed by atoms with Crippen molar-refractivity contribution >= 4 is 17.3 Å². The van der Waals surface area contributed by atoms with Crippen LogP contribution in [0.1, 0.15) is 0 Å². The Bertz CT molecular complexity index is 321. The molecule has 0 bridgehead atoms. The molecule has 0 atom stereocenters. The average molecular weight is 249 g/mol. The van der Waals surface area contributed by atoms with Gasteiger partial charge < -0.3 is 5.32 Å². The first-order chi connectivity index (χ1) is 7.59. The molecule has 0 spiro atoms. The van der Waals surface area contributed by atoms with Gasteiger partial charge in [0.25, 0.3) is 6.43 Å². The first-order valence-electron chi connectivity index (χ1n) is 5.04. The van der Waals surface area contributed by atoms with Crippen LogP contribution in [0, 0.1) is 0 Å². The summed E-state index contributed by atoms with van der Waals surface area (Å²) in [5.41, 5.74) is 0.828. The molecule has 0 aliphatic rings. The highest BCUT2D eigenvalue weighted by atomic mass is 35.5. The minimum atomic E-state index is -2.29. The normalized spacial score (nSPS) is 11.1. The van der Waals surface area contributed by atoms with Gasteiger partial charge in [0.1, 0.15) is 0 Å². The lowest BCUT2D eigenvalue weighted by molar-refractivity contribution is 0.102. The number of nitrogens with one attached hydrogen (secondary N) is 1. The largest absolute Gasteiger partial charge is 0.383 e. The summed E-state index contributed by atoms with van der Waals surface area (Å²) in [6.07, 6.45) is -2.29. The SMILES string of the molecule is CN(CCNc1ccccc1Cl)CC(F)F. The van der Waals surface area contributed by atoms with Gasteiger partial charge in [-0.1, -0.05) is 23.7 Å². The van der Waals surface area contributed by atoms with E-state index in [-0.39, 0.29) is 6.54 Å². The van der Waals surface area contributed by atoms with Crippen molar-refractivity contribution in [2.75, 3.05) is 32.0 Å². The van der Waals surface area contributed by atoms with Gasteiger partial charge in [-0.25, -0.2) is 8.78 Å². The van der Waals surface area contributed by atoms with Gasteiger partial charge in [-0.3, -0.25) is 4.90 Å². The van der Waals surface area contributed by atoms with Crippen molar-refractivity contribution in [3.05, 3.63) is 29.3 Å². The van der Waals surface area contributed by atoms with E-state index in [2.05, 4.69) is 5.32 Å². The minimum Gasteiger partial charge on any atom is -0.383 e. The molecular formula is C11H15ClF2N2. The molecule has 0 heterocycles. The highest BCUT2D eigenvalue weighted by molar-refractivity contribution is 6.33. The zero-order valence-electron chi connectivity index (χ0n) is 9.09. The fourth-order valence-electron chi connectivity index (χ4n) is 1.31. The van der Waals surface area contributed by atoms with E-state index in [1.165, 1.54) is 0 Å². The van der Waals surface area contributed by atoms with Gasteiger partial charge in [-0.15, -0.1) is 0 Å². The Hall–Kier alpha value is -0.870. The van der Waals surface area contributed by atoms with Crippen molar-refractivity contribution < 1.29 is 8.78 Å². The number of para-hydroxylation sites is 1. The highest BCUT2D eigenvalue weighted by Crippen LogP contribution is 2.19. The van der Waals surface area contributed by atoms with Crippen LogP contribution in [0.25, 0.3) is 0 Å². The molecule has 0 fully saturated rings. The molecule has 1 rings (SSSR count). The molecule has 0 saturated carbocycles. The number of alkyl halides is 2. The maximum Gasteiger partial charge on any atom is 0.251 e. The van der Waals surface area contributed by atoms with E-state index in [9.17, 15) is 8.78 Å². The van der Waals surface area contributed by atoms with Crippen LogP contribution in [0.2, 0.25) is 5.02 Å². The number of halogens is 3. The summed E-state index contributed by atoms with van der Waals surface area (Å²) in [5.74, 6) is 0. The molecule has 0 saturated heterocycles. The molecule has 5 heteroatoms. The number of anilines is 1. The van der Waals surface area contributed by atoms with Crippen LogP contribution >= 0.6 is 11.6 Å². The Balaban J connectivity index is 2.28. The second kappa shape index (κ2) is 6.66. The zero-order valence-corrected chi connectivity index (χ0v) is 9.85. The second-order valence-corrected chi connectivity index (χ2v) is 3.97. The summed E-state index contributed by atoms with van der Waals surface area (Å²) in [7, 11) is 1.67. The fraction of sp³-hybridized carbons (Fsp3) is 0.455.